The predicted molar refractivity (Wildman–Crippen MR) is 34.3 cm³/mol. The highest BCUT2D eigenvalue weighted by atomic mass is 19.1. The summed E-state index contributed by atoms with van der Waals surface area (Å²) < 4.78 is 18.8. The van der Waals surface area contributed by atoms with E-state index in [-0.39, 0.29) is 5.82 Å². The molecule has 0 fully saturated rings. The van der Waals surface area contributed by atoms with E-state index in [0.29, 0.717) is 5.56 Å². The summed E-state index contributed by atoms with van der Waals surface area (Å²) in [7, 11) is 0. The van der Waals surface area contributed by atoms with Gasteiger partial charge in [0, 0.05) is 5.56 Å². The van der Waals surface area contributed by atoms with Crippen LogP contribution < -0.4 is 0 Å². The van der Waals surface area contributed by atoms with Gasteiger partial charge in [-0.15, -0.1) is 6.40 Å². The fourth-order valence-electron chi connectivity index (χ4n) is 0.533. The first-order chi connectivity index (χ1) is 4.83. The monoisotopic (exact) mass is 121 g/mol. The summed E-state index contributed by atoms with van der Waals surface area (Å²) in [6, 6.07) is 5.72. The van der Waals surface area contributed by atoms with Crippen molar-refractivity contribution in [2.75, 3.05) is 0 Å². The summed E-state index contributed by atoms with van der Waals surface area (Å²) >= 11 is 0. The largest absolute Gasteiger partial charge is 0.207 e. The van der Waals surface area contributed by atoms with Gasteiger partial charge in [0.1, 0.15) is 7.19 Å². The Bertz CT molecular complexity index is 266. The van der Waals surface area contributed by atoms with Crippen molar-refractivity contribution >= 4 is 0 Å². The van der Waals surface area contributed by atoms with Crippen molar-refractivity contribution in [1.29, 1.82) is 0 Å². The Morgan fingerprint density at radius 1 is 1.44 bits per heavy atom. The molecule has 0 bridgehead atoms. The molecule has 0 unspecified atom stereocenters. The molecule has 0 N–H and O–H groups in total. The van der Waals surface area contributed by atoms with E-state index in [9.17, 15) is 4.39 Å². The second kappa shape index (κ2) is 2.32. The van der Waals surface area contributed by atoms with E-state index in [1.54, 1.807) is 0 Å². The molecule has 1 rings (SSSR count). The molecule has 0 aliphatic heterocycles. The molecule has 0 aliphatic rings. The number of hydrogen-bond donors (Lipinski definition) is 0. The molecule has 0 spiro atoms. The summed E-state index contributed by atoms with van der Waals surface area (Å²) in [6.45, 7) is 0. The topological polar surface area (TPSA) is 0 Å². The molecule has 44 valence electrons. The number of halogens is 1. The van der Waals surface area contributed by atoms with Gasteiger partial charge in [0.15, 0.2) is 0 Å². The van der Waals surface area contributed by atoms with Gasteiger partial charge in [0.2, 0.25) is 0 Å². The standard InChI is InChI=1S/C8H5F/c1-2-7-3-5-8(9)6-4-7/h1,3-6H/i1D. The Morgan fingerprint density at radius 3 is 2.67 bits per heavy atom. The van der Waals surface area contributed by atoms with Crippen molar-refractivity contribution in [2.45, 2.75) is 0 Å². The molecule has 0 saturated heterocycles. The second-order valence-electron chi connectivity index (χ2n) is 1.63. The number of benzene rings is 1. The van der Waals surface area contributed by atoms with E-state index in [1.807, 2.05) is 6.40 Å². The minimum Gasteiger partial charge on any atom is -0.207 e. The van der Waals surface area contributed by atoms with Crippen LogP contribution in [-0.2, 0) is 0 Å². The zero-order valence-corrected chi connectivity index (χ0v) is 4.69. The molecule has 0 amide bonds. The van der Waals surface area contributed by atoms with E-state index in [0.717, 1.165) is 0 Å². The van der Waals surface area contributed by atoms with Crippen LogP contribution in [0.2, 0.25) is 0 Å². The SMILES string of the molecule is [2H]C#Cc1ccc(F)cc1. The highest BCUT2D eigenvalue weighted by Gasteiger charge is 1.86. The minimum atomic E-state index is -0.282. The Hall–Kier alpha value is -1.29. The lowest BCUT2D eigenvalue weighted by Crippen LogP contribution is -1.73. The Labute approximate surface area is 54.7 Å². The first-order valence-electron chi connectivity index (χ1n) is 3.01. The number of rotatable bonds is 0. The van der Waals surface area contributed by atoms with Gasteiger partial charge >= 0.3 is 0 Å². The number of terminal acetylenes is 1. The van der Waals surface area contributed by atoms with Gasteiger partial charge in [-0.2, -0.15) is 0 Å². The van der Waals surface area contributed by atoms with Crippen molar-refractivity contribution < 1.29 is 5.76 Å². The smallest absolute Gasteiger partial charge is 0.124 e. The maximum atomic E-state index is 12.2. The third-order valence-electron chi connectivity index (χ3n) is 0.989. The van der Waals surface area contributed by atoms with Crippen LogP contribution >= 0.6 is 0 Å². The number of hydrogen-bond acceptors (Lipinski definition) is 0. The molecule has 1 aromatic rings. The van der Waals surface area contributed by atoms with Gasteiger partial charge in [-0.05, 0) is 24.3 Å². The lowest BCUT2D eigenvalue weighted by Gasteiger charge is -1.86. The normalized spacial score (nSPS) is 9.22. The van der Waals surface area contributed by atoms with Gasteiger partial charge in [-0.25, -0.2) is 4.39 Å². The average molecular weight is 121 g/mol. The fraction of sp³-hybridized carbons (Fsp3) is 0. The van der Waals surface area contributed by atoms with Crippen LogP contribution in [0.3, 0.4) is 0 Å². The summed E-state index contributed by atoms with van der Waals surface area (Å²) in [5, 5.41) is 0. The maximum absolute atomic E-state index is 12.2. The van der Waals surface area contributed by atoms with Crippen LogP contribution in [0.25, 0.3) is 0 Å². The predicted octanol–water partition coefficient (Wildman–Crippen LogP) is 1.81. The van der Waals surface area contributed by atoms with Crippen LogP contribution in [0, 0.1) is 18.1 Å². The zero-order valence-electron chi connectivity index (χ0n) is 5.69. The summed E-state index contributed by atoms with van der Waals surface area (Å²) in [6.07, 6.45) is 1.98. The van der Waals surface area contributed by atoms with Crippen LogP contribution in [0.4, 0.5) is 4.39 Å². The highest BCUT2D eigenvalue weighted by molar-refractivity contribution is 5.31. The summed E-state index contributed by atoms with van der Waals surface area (Å²) in [5.41, 5.74) is 0.663. The van der Waals surface area contributed by atoms with E-state index >= 15 is 0 Å². The van der Waals surface area contributed by atoms with Crippen LogP contribution in [0.1, 0.15) is 6.93 Å². The van der Waals surface area contributed by atoms with Crippen LogP contribution in [-0.4, -0.2) is 0 Å². The van der Waals surface area contributed by atoms with Crippen molar-refractivity contribution in [3.05, 3.63) is 35.6 Å². The zero-order chi connectivity index (χ0) is 7.40. The lowest BCUT2D eigenvalue weighted by atomic mass is 10.2. The third-order valence-corrected chi connectivity index (χ3v) is 0.989. The molecular formula is C8H5F. The van der Waals surface area contributed by atoms with Crippen LogP contribution in [0.5, 0.6) is 0 Å². The molecule has 9 heavy (non-hydrogen) atoms. The third kappa shape index (κ3) is 1.30. The highest BCUT2D eigenvalue weighted by Crippen LogP contribution is 1.99. The van der Waals surface area contributed by atoms with Gasteiger partial charge in [-0.3, -0.25) is 0 Å². The van der Waals surface area contributed by atoms with Crippen molar-refractivity contribution in [3.8, 4) is 12.3 Å². The van der Waals surface area contributed by atoms with Gasteiger partial charge in [0.25, 0.3) is 0 Å². The molecule has 0 nitrogen and oxygen atoms in total. The molecule has 1 aromatic carbocycles. The maximum Gasteiger partial charge on any atom is 0.124 e. The minimum absolute atomic E-state index is 0.282. The Morgan fingerprint density at radius 2 is 2.11 bits per heavy atom. The summed E-state index contributed by atoms with van der Waals surface area (Å²) in [5.74, 6) is 2.20. The quantitative estimate of drug-likeness (QED) is 0.459. The molecule has 0 aromatic heterocycles. The first-order valence-corrected chi connectivity index (χ1v) is 2.51. The Kier molecular flexibility index (Phi) is 1.18. The van der Waals surface area contributed by atoms with Gasteiger partial charge in [-0.1, -0.05) is 5.92 Å². The van der Waals surface area contributed by atoms with Crippen LogP contribution in [0.15, 0.2) is 24.3 Å². The van der Waals surface area contributed by atoms with Gasteiger partial charge < -0.3 is 0 Å². The molecular weight excluding hydrogens is 115 g/mol. The molecule has 0 heterocycles. The second-order valence-corrected chi connectivity index (χ2v) is 1.63. The molecule has 1 heteroatoms. The van der Waals surface area contributed by atoms with Gasteiger partial charge in [0.05, 0.1) is 0 Å². The molecule has 0 aliphatic carbocycles. The fourth-order valence-corrected chi connectivity index (χ4v) is 0.533. The molecule has 0 radical (unpaired) electrons. The summed E-state index contributed by atoms with van der Waals surface area (Å²) in [4.78, 5) is 0. The molecule has 0 saturated carbocycles. The van der Waals surface area contributed by atoms with E-state index in [4.69, 9.17) is 1.37 Å². The van der Waals surface area contributed by atoms with E-state index < -0.39 is 0 Å². The first kappa shape index (κ1) is 4.58. The van der Waals surface area contributed by atoms with E-state index in [1.165, 1.54) is 24.3 Å². The van der Waals surface area contributed by atoms with Crippen molar-refractivity contribution in [3.63, 3.8) is 0 Å². The average Bonchev–Trinajstić information content (AvgIpc) is 1.95. The van der Waals surface area contributed by atoms with E-state index in [2.05, 4.69) is 5.92 Å². The van der Waals surface area contributed by atoms with Crippen molar-refractivity contribution in [2.24, 2.45) is 0 Å². The molecule has 0 atom stereocenters. The van der Waals surface area contributed by atoms with Crippen molar-refractivity contribution in [1.82, 2.24) is 0 Å². The lowest BCUT2D eigenvalue weighted by molar-refractivity contribution is 0.627. The Balaban J connectivity index is 2.97.